The van der Waals surface area contributed by atoms with Crippen LogP contribution in [-0.2, 0) is 26.7 Å². The van der Waals surface area contributed by atoms with E-state index in [1.165, 1.54) is 11.1 Å². The normalized spacial score (nSPS) is 12.3. The average molecular weight is 439 g/mol. The minimum Gasteiger partial charge on any atom is -0.493 e. The summed E-state index contributed by atoms with van der Waals surface area (Å²) < 4.78 is 13.2. The molecule has 0 saturated carbocycles. The molecule has 1 atom stereocenters. The number of rotatable bonds is 12. The van der Waals surface area contributed by atoms with Crippen LogP contribution in [0.25, 0.3) is 0 Å². The lowest BCUT2D eigenvalue weighted by Gasteiger charge is -2.22. The number of aromatic nitrogens is 2. The minimum atomic E-state index is -0.606. The van der Waals surface area contributed by atoms with E-state index in [1.807, 2.05) is 67.6 Å². The number of aryl methyl sites for hydroxylation is 1. The molecule has 3 aromatic rings. The lowest BCUT2D eigenvalue weighted by atomic mass is 10.2. The van der Waals surface area contributed by atoms with Gasteiger partial charge in [0.25, 0.3) is 0 Å². The van der Waals surface area contributed by atoms with Crippen molar-refractivity contribution in [2.24, 2.45) is 7.05 Å². The molecular formula is C25H34N4O3. The standard InChI is InChI=1S/C25H34N4O3/c1-27(16-22-13-26-29(3)17-22)15-21-10-11-24(31-4)25(12-21)32-19-23(30)18-28(2)14-20-8-6-5-7-9-20/h5-13,17,23,30H,14-16,18-19H2,1-4H3/t23-/m0/s1. The highest BCUT2D eigenvalue weighted by Gasteiger charge is 2.13. The van der Waals surface area contributed by atoms with Gasteiger partial charge < -0.3 is 14.6 Å². The number of benzene rings is 2. The highest BCUT2D eigenvalue weighted by Crippen LogP contribution is 2.29. The van der Waals surface area contributed by atoms with Gasteiger partial charge in [0.1, 0.15) is 12.7 Å². The topological polar surface area (TPSA) is 63.0 Å². The SMILES string of the molecule is COc1ccc(CN(C)Cc2cnn(C)c2)cc1OC[C@@H](O)CN(C)Cc1ccccc1. The van der Waals surface area contributed by atoms with Gasteiger partial charge in [-0.3, -0.25) is 14.5 Å². The van der Waals surface area contributed by atoms with Gasteiger partial charge in [0.2, 0.25) is 0 Å². The first-order valence-electron chi connectivity index (χ1n) is 10.8. The van der Waals surface area contributed by atoms with E-state index in [4.69, 9.17) is 9.47 Å². The van der Waals surface area contributed by atoms with E-state index in [2.05, 4.69) is 34.1 Å². The fourth-order valence-electron chi connectivity index (χ4n) is 3.72. The van der Waals surface area contributed by atoms with Crippen molar-refractivity contribution >= 4 is 0 Å². The van der Waals surface area contributed by atoms with Crippen molar-refractivity contribution in [3.8, 4) is 11.5 Å². The van der Waals surface area contributed by atoms with Crippen LogP contribution in [0, 0.1) is 0 Å². The van der Waals surface area contributed by atoms with Crippen molar-refractivity contribution in [1.82, 2.24) is 19.6 Å². The van der Waals surface area contributed by atoms with Crippen LogP contribution in [0.1, 0.15) is 16.7 Å². The zero-order valence-electron chi connectivity index (χ0n) is 19.4. The van der Waals surface area contributed by atoms with E-state index in [0.29, 0.717) is 18.0 Å². The summed E-state index contributed by atoms with van der Waals surface area (Å²) in [5, 5.41) is 14.7. The van der Waals surface area contributed by atoms with Gasteiger partial charge in [-0.2, -0.15) is 5.10 Å². The molecule has 0 bridgehead atoms. The highest BCUT2D eigenvalue weighted by atomic mass is 16.5. The lowest BCUT2D eigenvalue weighted by molar-refractivity contribution is 0.0732. The number of methoxy groups -OCH3 is 1. The van der Waals surface area contributed by atoms with Crippen LogP contribution >= 0.6 is 0 Å². The number of likely N-dealkylation sites (N-methyl/N-ethyl adjacent to an activating group) is 1. The average Bonchev–Trinajstić information content (AvgIpc) is 3.17. The maximum absolute atomic E-state index is 10.5. The van der Waals surface area contributed by atoms with Gasteiger partial charge in [0.15, 0.2) is 11.5 Å². The Morgan fingerprint density at radius 3 is 2.34 bits per heavy atom. The quantitative estimate of drug-likeness (QED) is 0.469. The Balaban J connectivity index is 1.53. The van der Waals surface area contributed by atoms with Crippen LogP contribution in [0.4, 0.5) is 0 Å². The largest absolute Gasteiger partial charge is 0.493 e. The predicted molar refractivity (Wildman–Crippen MR) is 126 cm³/mol. The molecule has 0 aliphatic heterocycles. The molecular weight excluding hydrogens is 404 g/mol. The molecule has 0 spiro atoms. The summed E-state index contributed by atoms with van der Waals surface area (Å²) in [6.45, 7) is 3.06. The number of hydrogen-bond donors (Lipinski definition) is 1. The smallest absolute Gasteiger partial charge is 0.161 e. The van der Waals surface area contributed by atoms with Crippen molar-refractivity contribution in [2.75, 3.05) is 34.4 Å². The Kier molecular flexibility index (Phi) is 8.67. The first-order chi connectivity index (χ1) is 15.4. The Morgan fingerprint density at radius 1 is 0.938 bits per heavy atom. The zero-order valence-corrected chi connectivity index (χ0v) is 19.4. The van der Waals surface area contributed by atoms with Crippen LogP contribution in [0.15, 0.2) is 60.9 Å². The molecule has 3 rings (SSSR count). The minimum absolute atomic E-state index is 0.199. The van der Waals surface area contributed by atoms with Crippen LogP contribution in [-0.4, -0.2) is 65.1 Å². The number of ether oxygens (including phenoxy) is 2. The lowest BCUT2D eigenvalue weighted by Crippen LogP contribution is -2.32. The first kappa shape index (κ1) is 23.8. The third-order valence-electron chi connectivity index (χ3n) is 5.14. The summed E-state index contributed by atoms with van der Waals surface area (Å²) in [5.41, 5.74) is 3.50. The second-order valence-electron chi connectivity index (χ2n) is 8.33. The molecule has 1 heterocycles. The Morgan fingerprint density at radius 2 is 1.66 bits per heavy atom. The summed E-state index contributed by atoms with van der Waals surface area (Å²) in [4.78, 5) is 4.31. The van der Waals surface area contributed by atoms with Gasteiger partial charge in [0.05, 0.1) is 13.3 Å². The van der Waals surface area contributed by atoms with Gasteiger partial charge in [0, 0.05) is 45.0 Å². The maximum Gasteiger partial charge on any atom is 0.161 e. The molecule has 0 aliphatic carbocycles. The van der Waals surface area contributed by atoms with Crippen molar-refractivity contribution in [3.63, 3.8) is 0 Å². The summed E-state index contributed by atoms with van der Waals surface area (Å²) in [6, 6.07) is 16.2. The third kappa shape index (κ3) is 7.37. The first-order valence-corrected chi connectivity index (χ1v) is 10.8. The fourth-order valence-corrected chi connectivity index (χ4v) is 3.72. The molecule has 2 aromatic carbocycles. The maximum atomic E-state index is 10.5. The van der Waals surface area contributed by atoms with Gasteiger partial charge in [-0.1, -0.05) is 36.4 Å². The number of nitrogens with zero attached hydrogens (tertiary/aromatic N) is 4. The van der Waals surface area contributed by atoms with E-state index in [-0.39, 0.29) is 6.61 Å². The van der Waals surface area contributed by atoms with Crippen LogP contribution in [0.2, 0.25) is 0 Å². The van der Waals surface area contributed by atoms with Gasteiger partial charge >= 0.3 is 0 Å². The molecule has 7 nitrogen and oxygen atoms in total. The van der Waals surface area contributed by atoms with Gasteiger partial charge in [-0.05, 0) is 37.4 Å². The van der Waals surface area contributed by atoms with E-state index in [0.717, 1.165) is 25.2 Å². The van der Waals surface area contributed by atoms with Crippen molar-refractivity contribution in [3.05, 3.63) is 77.6 Å². The summed E-state index contributed by atoms with van der Waals surface area (Å²) in [6.07, 6.45) is 3.30. The fraction of sp³-hybridized carbons (Fsp3) is 0.400. The monoisotopic (exact) mass is 438 g/mol. The van der Waals surface area contributed by atoms with E-state index in [1.54, 1.807) is 7.11 Å². The molecule has 0 unspecified atom stereocenters. The molecule has 1 aromatic heterocycles. The van der Waals surface area contributed by atoms with E-state index < -0.39 is 6.10 Å². The summed E-state index contributed by atoms with van der Waals surface area (Å²) in [5.74, 6) is 1.30. The summed E-state index contributed by atoms with van der Waals surface area (Å²) in [7, 11) is 7.62. The van der Waals surface area contributed by atoms with E-state index in [9.17, 15) is 5.11 Å². The molecule has 0 amide bonds. The number of aliphatic hydroxyl groups excluding tert-OH is 1. The van der Waals surface area contributed by atoms with Crippen LogP contribution in [0.3, 0.4) is 0 Å². The Labute approximate surface area is 190 Å². The van der Waals surface area contributed by atoms with Crippen molar-refractivity contribution < 1.29 is 14.6 Å². The predicted octanol–water partition coefficient (Wildman–Crippen LogP) is 2.93. The second-order valence-corrected chi connectivity index (χ2v) is 8.33. The Bertz CT molecular complexity index is 961. The molecule has 32 heavy (non-hydrogen) atoms. The molecule has 1 N–H and O–H groups in total. The molecule has 0 radical (unpaired) electrons. The third-order valence-corrected chi connectivity index (χ3v) is 5.14. The van der Waals surface area contributed by atoms with E-state index >= 15 is 0 Å². The second kappa shape index (κ2) is 11.7. The molecule has 172 valence electrons. The van der Waals surface area contributed by atoms with Crippen LogP contribution < -0.4 is 9.47 Å². The highest BCUT2D eigenvalue weighted by molar-refractivity contribution is 5.43. The molecule has 0 aliphatic rings. The number of hydrogen-bond acceptors (Lipinski definition) is 6. The van der Waals surface area contributed by atoms with Gasteiger partial charge in [-0.15, -0.1) is 0 Å². The van der Waals surface area contributed by atoms with Crippen LogP contribution in [0.5, 0.6) is 11.5 Å². The zero-order chi connectivity index (χ0) is 22.9. The van der Waals surface area contributed by atoms with Crippen molar-refractivity contribution in [2.45, 2.75) is 25.7 Å². The van der Waals surface area contributed by atoms with Gasteiger partial charge in [-0.25, -0.2) is 0 Å². The number of aliphatic hydroxyl groups is 1. The Hall–Kier alpha value is -2.87. The molecule has 7 heteroatoms. The molecule has 0 saturated heterocycles. The van der Waals surface area contributed by atoms with Crippen molar-refractivity contribution in [1.29, 1.82) is 0 Å². The molecule has 0 fully saturated rings. The summed E-state index contributed by atoms with van der Waals surface area (Å²) >= 11 is 0.